The second-order valence-electron chi connectivity index (χ2n) is 7.00. The first-order valence-electron chi connectivity index (χ1n) is 9.77. The molecule has 1 heterocycles. The monoisotopic (exact) mass is 478 g/mol. The molecule has 2 amide bonds. The van der Waals surface area contributed by atoms with E-state index in [1.165, 1.54) is 30.4 Å². The van der Waals surface area contributed by atoms with Gasteiger partial charge in [0, 0.05) is 17.6 Å². The Morgan fingerprint density at radius 3 is 2.55 bits per heavy atom. The summed E-state index contributed by atoms with van der Waals surface area (Å²) in [4.78, 5) is 28.9. The van der Waals surface area contributed by atoms with Crippen molar-refractivity contribution < 1.29 is 27.5 Å². The fourth-order valence-corrected chi connectivity index (χ4v) is 3.48. The summed E-state index contributed by atoms with van der Waals surface area (Å²) in [5.41, 5.74) is 0.400. The molecule has 0 bridgehead atoms. The highest BCUT2D eigenvalue weighted by Gasteiger charge is 2.30. The Bertz CT molecular complexity index is 1120. The fraction of sp³-hybridized carbons (Fsp3) is 0.227. The van der Waals surface area contributed by atoms with Gasteiger partial charge >= 0.3 is 6.18 Å². The first-order chi connectivity index (χ1) is 15.7. The molecule has 2 aromatic carbocycles. The summed E-state index contributed by atoms with van der Waals surface area (Å²) in [5, 5.41) is 10.2. The minimum atomic E-state index is -4.46. The molecule has 0 fully saturated rings. The highest BCUT2D eigenvalue weighted by molar-refractivity contribution is 7.14. The zero-order chi connectivity index (χ0) is 24.0. The molecule has 3 rings (SSSR count). The standard InChI is InChI=1S/C22H21F3N4O3S/c1-13(19(30)26-11-14-4-3-5-15(10-14)22(23,24)25)27-20(31)18-12-33-21(29-18)28-16-6-8-17(32-2)9-7-16/h3-10,12-13H,11H2,1-2H3,(H,26,30)(H,27,31)(H,28,29). The molecule has 3 aromatic rings. The van der Waals surface area contributed by atoms with Crippen LogP contribution < -0.4 is 20.7 Å². The van der Waals surface area contributed by atoms with Crippen molar-refractivity contribution in [1.29, 1.82) is 0 Å². The minimum absolute atomic E-state index is 0.102. The van der Waals surface area contributed by atoms with Gasteiger partial charge in [-0.2, -0.15) is 13.2 Å². The Kier molecular flexibility index (Phi) is 7.54. The van der Waals surface area contributed by atoms with Crippen LogP contribution in [0.3, 0.4) is 0 Å². The zero-order valence-electron chi connectivity index (χ0n) is 17.7. The summed E-state index contributed by atoms with van der Waals surface area (Å²) in [7, 11) is 1.57. The molecule has 7 nitrogen and oxygen atoms in total. The van der Waals surface area contributed by atoms with Crippen LogP contribution >= 0.6 is 11.3 Å². The van der Waals surface area contributed by atoms with Crippen LogP contribution in [0.2, 0.25) is 0 Å². The van der Waals surface area contributed by atoms with E-state index in [9.17, 15) is 22.8 Å². The maximum Gasteiger partial charge on any atom is 0.416 e. The Morgan fingerprint density at radius 2 is 1.88 bits per heavy atom. The van der Waals surface area contributed by atoms with Crippen LogP contribution in [0.5, 0.6) is 5.75 Å². The normalized spacial score (nSPS) is 12.0. The molecule has 0 saturated heterocycles. The van der Waals surface area contributed by atoms with Crippen molar-refractivity contribution in [3.05, 3.63) is 70.7 Å². The number of hydrogen-bond donors (Lipinski definition) is 3. The number of carbonyl (C=O) groups is 2. The van der Waals surface area contributed by atoms with E-state index < -0.39 is 29.6 Å². The molecule has 0 spiro atoms. The summed E-state index contributed by atoms with van der Waals surface area (Å²) < 4.78 is 43.5. The Morgan fingerprint density at radius 1 is 1.15 bits per heavy atom. The maximum absolute atomic E-state index is 12.8. The van der Waals surface area contributed by atoms with Crippen LogP contribution in [0.15, 0.2) is 53.9 Å². The van der Waals surface area contributed by atoms with Crippen molar-refractivity contribution in [3.8, 4) is 5.75 Å². The van der Waals surface area contributed by atoms with Gasteiger partial charge in [0.05, 0.1) is 12.7 Å². The molecular formula is C22H21F3N4O3S. The van der Waals surface area contributed by atoms with Crippen molar-refractivity contribution in [2.75, 3.05) is 12.4 Å². The van der Waals surface area contributed by atoms with Gasteiger partial charge in [-0.15, -0.1) is 11.3 Å². The number of ether oxygens (including phenoxy) is 1. The van der Waals surface area contributed by atoms with Crippen LogP contribution in [-0.2, 0) is 17.5 Å². The average Bonchev–Trinajstić information content (AvgIpc) is 3.26. The fourth-order valence-electron chi connectivity index (χ4n) is 2.77. The average molecular weight is 478 g/mol. The first kappa shape index (κ1) is 24.1. The van der Waals surface area contributed by atoms with Gasteiger partial charge in [0.15, 0.2) is 5.13 Å². The molecule has 3 N–H and O–H groups in total. The van der Waals surface area contributed by atoms with Crippen molar-refractivity contribution in [1.82, 2.24) is 15.6 Å². The minimum Gasteiger partial charge on any atom is -0.497 e. The molecule has 0 radical (unpaired) electrons. The third-order valence-electron chi connectivity index (χ3n) is 4.54. The summed E-state index contributed by atoms with van der Waals surface area (Å²) in [6.07, 6.45) is -4.46. The SMILES string of the molecule is COc1ccc(Nc2nc(C(=O)NC(C)C(=O)NCc3cccc(C(F)(F)F)c3)cs2)cc1. The Labute approximate surface area is 192 Å². The molecule has 1 unspecified atom stereocenters. The van der Waals surface area contributed by atoms with E-state index in [1.54, 1.807) is 36.8 Å². The number of halogens is 3. The molecule has 174 valence electrons. The van der Waals surface area contributed by atoms with Crippen molar-refractivity contribution in [2.24, 2.45) is 0 Å². The van der Waals surface area contributed by atoms with Crippen LogP contribution in [0.25, 0.3) is 0 Å². The van der Waals surface area contributed by atoms with Crippen LogP contribution in [0.1, 0.15) is 28.5 Å². The third-order valence-corrected chi connectivity index (χ3v) is 5.30. The lowest BCUT2D eigenvalue weighted by Gasteiger charge is -2.14. The van der Waals surface area contributed by atoms with Crippen molar-refractivity contribution >= 4 is 34.0 Å². The molecule has 33 heavy (non-hydrogen) atoms. The maximum atomic E-state index is 12.8. The molecule has 0 saturated carbocycles. The lowest BCUT2D eigenvalue weighted by molar-refractivity contribution is -0.137. The summed E-state index contributed by atoms with van der Waals surface area (Å²) in [5.74, 6) is -0.372. The van der Waals surface area contributed by atoms with Gasteiger partial charge in [-0.1, -0.05) is 12.1 Å². The quantitative estimate of drug-likeness (QED) is 0.448. The molecule has 0 aliphatic heterocycles. The summed E-state index contributed by atoms with van der Waals surface area (Å²) in [6, 6.07) is 10.9. The van der Waals surface area contributed by atoms with Crippen LogP contribution in [0, 0.1) is 0 Å². The number of methoxy groups -OCH3 is 1. The van der Waals surface area contributed by atoms with E-state index in [0.717, 1.165) is 17.8 Å². The van der Waals surface area contributed by atoms with Crippen molar-refractivity contribution in [3.63, 3.8) is 0 Å². The zero-order valence-corrected chi connectivity index (χ0v) is 18.5. The number of thiazole rings is 1. The number of nitrogens with one attached hydrogen (secondary N) is 3. The van der Waals surface area contributed by atoms with Gasteiger partial charge in [-0.3, -0.25) is 9.59 Å². The first-order valence-corrected chi connectivity index (χ1v) is 10.6. The lowest BCUT2D eigenvalue weighted by Crippen LogP contribution is -2.44. The number of carbonyl (C=O) groups excluding carboxylic acids is 2. The molecular weight excluding hydrogens is 457 g/mol. The van der Waals surface area contributed by atoms with E-state index in [1.807, 2.05) is 0 Å². The highest BCUT2D eigenvalue weighted by Crippen LogP contribution is 2.29. The third kappa shape index (κ3) is 6.69. The van der Waals surface area contributed by atoms with Gasteiger partial charge in [0.1, 0.15) is 17.5 Å². The van der Waals surface area contributed by atoms with E-state index in [0.29, 0.717) is 16.4 Å². The molecule has 1 atom stereocenters. The van der Waals surface area contributed by atoms with E-state index in [2.05, 4.69) is 20.9 Å². The number of alkyl halides is 3. The van der Waals surface area contributed by atoms with E-state index in [4.69, 9.17) is 4.74 Å². The number of rotatable bonds is 8. The summed E-state index contributed by atoms with van der Waals surface area (Å²) in [6.45, 7) is 1.37. The topological polar surface area (TPSA) is 92.3 Å². The predicted octanol–water partition coefficient (Wildman–Crippen LogP) is 4.35. The van der Waals surface area contributed by atoms with Gasteiger partial charge < -0.3 is 20.7 Å². The second kappa shape index (κ2) is 10.3. The van der Waals surface area contributed by atoms with Gasteiger partial charge in [0.2, 0.25) is 5.91 Å². The number of benzene rings is 2. The predicted molar refractivity (Wildman–Crippen MR) is 119 cm³/mol. The smallest absolute Gasteiger partial charge is 0.416 e. The lowest BCUT2D eigenvalue weighted by atomic mass is 10.1. The van der Waals surface area contributed by atoms with Gasteiger partial charge in [0.25, 0.3) is 5.91 Å². The number of hydrogen-bond acceptors (Lipinski definition) is 6. The largest absolute Gasteiger partial charge is 0.497 e. The van der Waals surface area contributed by atoms with E-state index in [-0.39, 0.29) is 12.2 Å². The Hall–Kier alpha value is -3.60. The van der Waals surface area contributed by atoms with Crippen molar-refractivity contribution in [2.45, 2.75) is 25.7 Å². The Balaban J connectivity index is 1.52. The molecule has 0 aliphatic rings. The second-order valence-corrected chi connectivity index (χ2v) is 7.86. The molecule has 1 aromatic heterocycles. The number of anilines is 2. The molecule has 11 heteroatoms. The molecule has 0 aliphatic carbocycles. The van der Waals surface area contributed by atoms with Gasteiger partial charge in [-0.25, -0.2) is 4.98 Å². The number of amides is 2. The van der Waals surface area contributed by atoms with Crippen LogP contribution in [0.4, 0.5) is 24.0 Å². The highest BCUT2D eigenvalue weighted by atomic mass is 32.1. The van der Waals surface area contributed by atoms with Crippen LogP contribution in [-0.4, -0.2) is 29.9 Å². The number of nitrogens with zero attached hydrogens (tertiary/aromatic N) is 1. The van der Waals surface area contributed by atoms with E-state index >= 15 is 0 Å². The van der Waals surface area contributed by atoms with Gasteiger partial charge in [-0.05, 0) is 48.9 Å². The summed E-state index contributed by atoms with van der Waals surface area (Å²) >= 11 is 1.22. The number of aromatic nitrogens is 1.